The molecule has 0 aliphatic rings. The highest BCUT2D eigenvalue weighted by Gasteiger charge is 2.13. The molecular formula is C16H15FN4O2. The number of aliphatic hydroxyl groups excluding tert-OH is 1. The number of pyridine rings is 1. The van der Waals surface area contributed by atoms with E-state index < -0.39 is 5.82 Å². The number of aliphatic hydroxyl groups is 1. The van der Waals surface area contributed by atoms with Crippen LogP contribution in [0.25, 0.3) is 22.8 Å². The van der Waals surface area contributed by atoms with E-state index in [1.807, 2.05) is 0 Å². The molecule has 2 N–H and O–H groups in total. The van der Waals surface area contributed by atoms with Crippen molar-refractivity contribution in [1.29, 1.82) is 0 Å². The van der Waals surface area contributed by atoms with Gasteiger partial charge in [-0.3, -0.25) is 0 Å². The number of nitrogens with zero attached hydrogens (tertiary/aromatic N) is 3. The van der Waals surface area contributed by atoms with E-state index >= 15 is 0 Å². The third-order valence-electron chi connectivity index (χ3n) is 3.19. The number of rotatable bonds is 6. The van der Waals surface area contributed by atoms with Gasteiger partial charge in [-0.1, -0.05) is 17.3 Å². The first-order chi connectivity index (χ1) is 11.3. The molecule has 3 rings (SSSR count). The van der Waals surface area contributed by atoms with Crippen molar-refractivity contribution in [1.82, 2.24) is 15.1 Å². The minimum atomic E-state index is -0.401. The molecule has 0 aliphatic carbocycles. The van der Waals surface area contributed by atoms with E-state index in [-0.39, 0.29) is 23.9 Å². The van der Waals surface area contributed by atoms with Crippen molar-refractivity contribution in [2.24, 2.45) is 0 Å². The van der Waals surface area contributed by atoms with E-state index in [0.717, 1.165) is 0 Å². The van der Waals surface area contributed by atoms with Crippen LogP contribution in [0.5, 0.6) is 0 Å². The fourth-order valence-electron chi connectivity index (χ4n) is 2.01. The van der Waals surface area contributed by atoms with Gasteiger partial charge in [-0.25, -0.2) is 9.37 Å². The molecule has 0 aliphatic heterocycles. The Labute approximate surface area is 132 Å². The van der Waals surface area contributed by atoms with Crippen molar-refractivity contribution < 1.29 is 14.0 Å². The fourth-order valence-corrected chi connectivity index (χ4v) is 2.01. The molecule has 23 heavy (non-hydrogen) atoms. The van der Waals surface area contributed by atoms with Crippen LogP contribution in [0.4, 0.5) is 10.2 Å². The number of nitrogens with one attached hydrogen (secondary N) is 1. The number of halogens is 1. The second-order valence-corrected chi connectivity index (χ2v) is 4.84. The molecule has 0 spiro atoms. The van der Waals surface area contributed by atoms with Gasteiger partial charge in [0.15, 0.2) is 0 Å². The minimum absolute atomic E-state index is 0.131. The van der Waals surface area contributed by atoms with E-state index in [2.05, 4.69) is 20.4 Å². The van der Waals surface area contributed by atoms with Gasteiger partial charge in [0.1, 0.15) is 11.6 Å². The van der Waals surface area contributed by atoms with Crippen LogP contribution >= 0.6 is 0 Å². The molecule has 0 bridgehead atoms. The van der Waals surface area contributed by atoms with Crippen LogP contribution in [-0.2, 0) is 0 Å². The second-order valence-electron chi connectivity index (χ2n) is 4.84. The molecule has 0 saturated carbocycles. The molecule has 3 aromatic rings. The number of benzene rings is 1. The highest BCUT2D eigenvalue weighted by atomic mass is 19.1. The quantitative estimate of drug-likeness (QED) is 0.681. The molecular weight excluding hydrogens is 299 g/mol. The first-order valence-electron chi connectivity index (χ1n) is 7.17. The summed E-state index contributed by atoms with van der Waals surface area (Å²) >= 11 is 0. The number of hydrogen-bond donors (Lipinski definition) is 2. The summed E-state index contributed by atoms with van der Waals surface area (Å²) < 4.78 is 18.9. The maximum atomic E-state index is 13.7. The monoisotopic (exact) mass is 314 g/mol. The van der Waals surface area contributed by atoms with Crippen LogP contribution in [0.15, 0.2) is 47.1 Å². The zero-order valence-corrected chi connectivity index (χ0v) is 12.2. The molecule has 118 valence electrons. The van der Waals surface area contributed by atoms with Gasteiger partial charge in [0, 0.05) is 19.3 Å². The van der Waals surface area contributed by atoms with Crippen molar-refractivity contribution >= 4 is 5.82 Å². The van der Waals surface area contributed by atoms with Crippen molar-refractivity contribution in [2.75, 3.05) is 18.5 Å². The Morgan fingerprint density at radius 2 is 2.04 bits per heavy atom. The Bertz CT molecular complexity index is 774. The molecule has 0 fully saturated rings. The average Bonchev–Trinajstić information content (AvgIpc) is 3.06. The van der Waals surface area contributed by atoms with Crippen LogP contribution in [0.1, 0.15) is 6.42 Å². The molecule has 1 aromatic carbocycles. The summed E-state index contributed by atoms with van der Waals surface area (Å²) in [7, 11) is 0. The van der Waals surface area contributed by atoms with Crippen LogP contribution in [-0.4, -0.2) is 33.4 Å². The maximum Gasteiger partial charge on any atom is 0.259 e. The molecule has 2 heterocycles. The zero-order chi connectivity index (χ0) is 16.1. The molecule has 0 radical (unpaired) electrons. The van der Waals surface area contributed by atoms with Gasteiger partial charge in [-0.15, -0.1) is 0 Å². The van der Waals surface area contributed by atoms with Crippen molar-refractivity contribution in [3.8, 4) is 22.8 Å². The molecule has 7 heteroatoms. The molecule has 6 nitrogen and oxygen atoms in total. The van der Waals surface area contributed by atoms with E-state index in [4.69, 9.17) is 9.63 Å². The Morgan fingerprint density at radius 1 is 1.17 bits per heavy atom. The fraction of sp³-hybridized carbons (Fsp3) is 0.188. The lowest BCUT2D eigenvalue weighted by molar-refractivity contribution is 0.292. The van der Waals surface area contributed by atoms with Crippen molar-refractivity contribution in [3.63, 3.8) is 0 Å². The summed E-state index contributed by atoms with van der Waals surface area (Å²) in [5, 5.41) is 15.6. The predicted octanol–water partition coefficient (Wildman–Crippen LogP) is 2.73. The summed E-state index contributed by atoms with van der Waals surface area (Å²) in [4.78, 5) is 8.44. The topological polar surface area (TPSA) is 84.1 Å². The minimum Gasteiger partial charge on any atom is -0.396 e. The third kappa shape index (κ3) is 3.51. The first kappa shape index (κ1) is 15.1. The van der Waals surface area contributed by atoms with Gasteiger partial charge < -0.3 is 14.9 Å². The van der Waals surface area contributed by atoms with Gasteiger partial charge in [0.05, 0.1) is 11.1 Å². The molecule has 0 amide bonds. The molecule has 0 unspecified atom stereocenters. The number of anilines is 1. The molecule has 0 atom stereocenters. The summed E-state index contributed by atoms with van der Waals surface area (Å²) in [5.74, 6) is 0.762. The number of aromatic nitrogens is 3. The zero-order valence-electron chi connectivity index (χ0n) is 12.2. The smallest absolute Gasteiger partial charge is 0.259 e. The lowest BCUT2D eigenvalue weighted by Gasteiger charge is -2.03. The van der Waals surface area contributed by atoms with Gasteiger partial charge >= 0.3 is 0 Å². The maximum absolute atomic E-state index is 13.7. The van der Waals surface area contributed by atoms with Gasteiger partial charge in [-0.2, -0.15) is 4.98 Å². The lowest BCUT2D eigenvalue weighted by atomic mass is 10.2. The summed E-state index contributed by atoms with van der Waals surface area (Å²) in [5.41, 5.74) is 0.936. The Kier molecular flexibility index (Phi) is 4.58. The van der Waals surface area contributed by atoms with E-state index in [1.54, 1.807) is 36.5 Å². The highest BCUT2D eigenvalue weighted by Crippen LogP contribution is 2.24. The predicted molar refractivity (Wildman–Crippen MR) is 83.1 cm³/mol. The first-order valence-corrected chi connectivity index (χ1v) is 7.17. The largest absolute Gasteiger partial charge is 0.396 e. The Hall–Kier alpha value is -2.80. The van der Waals surface area contributed by atoms with Gasteiger partial charge in [-0.05, 0) is 30.7 Å². The highest BCUT2D eigenvalue weighted by molar-refractivity contribution is 5.60. The summed E-state index contributed by atoms with van der Waals surface area (Å²) in [6.45, 7) is 0.771. The molecule has 0 saturated heterocycles. The van der Waals surface area contributed by atoms with Crippen LogP contribution in [0.3, 0.4) is 0 Å². The third-order valence-corrected chi connectivity index (χ3v) is 3.19. The van der Waals surface area contributed by atoms with Gasteiger partial charge in [0.25, 0.3) is 5.89 Å². The Morgan fingerprint density at radius 3 is 2.78 bits per heavy atom. The molecule has 2 aromatic heterocycles. The normalized spacial score (nSPS) is 10.7. The standard InChI is InChI=1S/C16H15FN4O2/c17-13-5-2-1-4-12(13)15-20-16(23-21-15)11-6-7-14(19-10-11)18-8-3-9-22/h1-2,4-7,10,22H,3,8-9H2,(H,18,19). The Balaban J connectivity index is 1.77. The number of hydrogen-bond acceptors (Lipinski definition) is 6. The van der Waals surface area contributed by atoms with E-state index in [1.165, 1.54) is 6.07 Å². The van der Waals surface area contributed by atoms with E-state index in [0.29, 0.717) is 24.3 Å². The van der Waals surface area contributed by atoms with Crippen LogP contribution < -0.4 is 5.32 Å². The van der Waals surface area contributed by atoms with Crippen LogP contribution in [0.2, 0.25) is 0 Å². The second kappa shape index (κ2) is 6.97. The average molecular weight is 314 g/mol. The summed E-state index contributed by atoms with van der Waals surface area (Å²) in [6.07, 6.45) is 2.25. The van der Waals surface area contributed by atoms with Crippen molar-refractivity contribution in [3.05, 3.63) is 48.4 Å². The van der Waals surface area contributed by atoms with E-state index in [9.17, 15) is 4.39 Å². The van der Waals surface area contributed by atoms with Crippen molar-refractivity contribution in [2.45, 2.75) is 6.42 Å². The summed E-state index contributed by atoms with van der Waals surface area (Å²) in [6, 6.07) is 9.82. The lowest BCUT2D eigenvalue weighted by Crippen LogP contribution is -2.04. The van der Waals surface area contributed by atoms with Crippen LogP contribution in [0, 0.1) is 5.82 Å². The SMILES string of the molecule is OCCCNc1ccc(-c2nc(-c3ccccc3F)no2)cn1. The van der Waals surface area contributed by atoms with Gasteiger partial charge in [0.2, 0.25) is 5.82 Å².